The summed E-state index contributed by atoms with van der Waals surface area (Å²) in [7, 11) is 4.24. The predicted molar refractivity (Wildman–Crippen MR) is 80.1 cm³/mol. The molecule has 1 aromatic carbocycles. The minimum Gasteiger partial charge on any atom is -0.342 e. The molecule has 1 heterocycles. The van der Waals surface area contributed by atoms with Crippen molar-refractivity contribution < 1.29 is 0 Å². The number of aryl methyl sites for hydroxylation is 1. The van der Waals surface area contributed by atoms with Crippen molar-refractivity contribution >= 4 is 11.0 Å². The van der Waals surface area contributed by atoms with Crippen molar-refractivity contribution in [3.05, 3.63) is 29.6 Å². The number of aromatic nitrogens is 2. The SMILES string of the molecule is Cc1nc2ccc(C(CCC(C)N)N(C)C)cc2[nH]1. The Hall–Kier alpha value is -1.39. The molecule has 2 aromatic rings. The molecule has 1 aromatic heterocycles. The molecule has 2 unspecified atom stereocenters. The summed E-state index contributed by atoms with van der Waals surface area (Å²) in [6.45, 7) is 4.05. The van der Waals surface area contributed by atoms with Gasteiger partial charge in [0, 0.05) is 12.1 Å². The van der Waals surface area contributed by atoms with Gasteiger partial charge in [-0.1, -0.05) is 6.07 Å². The van der Waals surface area contributed by atoms with Crippen molar-refractivity contribution in [1.29, 1.82) is 0 Å². The van der Waals surface area contributed by atoms with E-state index in [0.29, 0.717) is 6.04 Å². The quantitative estimate of drug-likeness (QED) is 0.868. The van der Waals surface area contributed by atoms with E-state index in [2.05, 4.69) is 54.1 Å². The molecule has 104 valence electrons. The number of imidazole rings is 1. The Balaban J connectivity index is 2.27. The van der Waals surface area contributed by atoms with Gasteiger partial charge in [-0.05, 0) is 58.5 Å². The number of hydrogen-bond acceptors (Lipinski definition) is 3. The number of nitrogens with one attached hydrogen (secondary N) is 1. The number of nitrogens with zero attached hydrogens (tertiary/aromatic N) is 2. The van der Waals surface area contributed by atoms with Gasteiger partial charge in [0.1, 0.15) is 5.82 Å². The smallest absolute Gasteiger partial charge is 0.104 e. The van der Waals surface area contributed by atoms with Crippen LogP contribution in [0.4, 0.5) is 0 Å². The van der Waals surface area contributed by atoms with Gasteiger partial charge in [-0.2, -0.15) is 0 Å². The highest BCUT2D eigenvalue weighted by Gasteiger charge is 2.15. The molecule has 3 N–H and O–H groups in total. The van der Waals surface area contributed by atoms with Crippen molar-refractivity contribution in [1.82, 2.24) is 14.9 Å². The first-order chi connectivity index (χ1) is 8.97. The Bertz CT molecular complexity index is 542. The maximum atomic E-state index is 5.88. The van der Waals surface area contributed by atoms with Crippen molar-refractivity contribution in [3.8, 4) is 0 Å². The Labute approximate surface area is 115 Å². The van der Waals surface area contributed by atoms with Crippen LogP contribution in [0, 0.1) is 6.92 Å². The van der Waals surface area contributed by atoms with Crippen LogP contribution in [0.2, 0.25) is 0 Å². The molecule has 4 heteroatoms. The van der Waals surface area contributed by atoms with E-state index in [-0.39, 0.29) is 6.04 Å². The lowest BCUT2D eigenvalue weighted by Crippen LogP contribution is -2.23. The van der Waals surface area contributed by atoms with E-state index in [4.69, 9.17) is 5.73 Å². The molecular formula is C15H24N4. The molecule has 0 radical (unpaired) electrons. The minimum absolute atomic E-state index is 0.251. The maximum Gasteiger partial charge on any atom is 0.104 e. The van der Waals surface area contributed by atoms with Crippen LogP contribution in [0.3, 0.4) is 0 Å². The Morgan fingerprint density at radius 2 is 2.05 bits per heavy atom. The van der Waals surface area contributed by atoms with Crippen LogP contribution in [-0.4, -0.2) is 35.0 Å². The second-order valence-electron chi connectivity index (χ2n) is 5.63. The predicted octanol–water partition coefficient (Wildman–Crippen LogP) is 2.60. The van der Waals surface area contributed by atoms with Crippen molar-refractivity contribution in [2.45, 2.75) is 38.8 Å². The third-order valence-electron chi connectivity index (χ3n) is 3.53. The van der Waals surface area contributed by atoms with Gasteiger partial charge in [0.05, 0.1) is 11.0 Å². The van der Waals surface area contributed by atoms with E-state index in [1.807, 2.05) is 6.92 Å². The van der Waals surface area contributed by atoms with Crippen molar-refractivity contribution in [2.75, 3.05) is 14.1 Å². The van der Waals surface area contributed by atoms with Crippen LogP contribution in [-0.2, 0) is 0 Å². The lowest BCUT2D eigenvalue weighted by Gasteiger charge is -2.25. The number of benzene rings is 1. The van der Waals surface area contributed by atoms with Gasteiger partial charge >= 0.3 is 0 Å². The third-order valence-corrected chi connectivity index (χ3v) is 3.53. The number of aromatic amines is 1. The summed E-state index contributed by atoms with van der Waals surface area (Å²) in [5.74, 6) is 0.962. The van der Waals surface area contributed by atoms with Crippen molar-refractivity contribution in [2.24, 2.45) is 5.73 Å². The number of fused-ring (bicyclic) bond motifs is 1. The average molecular weight is 260 g/mol. The minimum atomic E-state index is 0.251. The summed E-state index contributed by atoms with van der Waals surface area (Å²) in [6.07, 6.45) is 2.10. The zero-order valence-corrected chi connectivity index (χ0v) is 12.3. The molecule has 0 aliphatic rings. The average Bonchev–Trinajstić information content (AvgIpc) is 2.67. The second-order valence-corrected chi connectivity index (χ2v) is 5.63. The van der Waals surface area contributed by atoms with Crippen LogP contribution < -0.4 is 5.73 Å². The molecule has 0 saturated carbocycles. The van der Waals surface area contributed by atoms with E-state index in [9.17, 15) is 0 Å². The summed E-state index contributed by atoms with van der Waals surface area (Å²) in [4.78, 5) is 10.0. The van der Waals surface area contributed by atoms with E-state index in [1.54, 1.807) is 0 Å². The standard InChI is InChI=1S/C15H24N4/c1-10(16)5-8-15(19(3)4)12-6-7-13-14(9-12)18-11(2)17-13/h6-7,9-10,15H,5,8,16H2,1-4H3,(H,17,18). The number of rotatable bonds is 5. The molecule has 0 spiro atoms. The second kappa shape index (κ2) is 5.72. The molecular weight excluding hydrogens is 236 g/mol. The zero-order valence-electron chi connectivity index (χ0n) is 12.3. The van der Waals surface area contributed by atoms with Gasteiger partial charge in [-0.25, -0.2) is 4.98 Å². The van der Waals surface area contributed by atoms with Gasteiger partial charge in [-0.15, -0.1) is 0 Å². The third kappa shape index (κ3) is 3.33. The first-order valence-electron chi connectivity index (χ1n) is 6.85. The van der Waals surface area contributed by atoms with Crippen LogP contribution >= 0.6 is 0 Å². The fourth-order valence-electron chi connectivity index (χ4n) is 2.51. The summed E-state index contributed by atoms with van der Waals surface area (Å²) >= 11 is 0. The molecule has 0 aliphatic carbocycles. The number of hydrogen-bond donors (Lipinski definition) is 2. The van der Waals surface area contributed by atoms with Crippen LogP contribution in [0.15, 0.2) is 18.2 Å². The Kier molecular flexibility index (Phi) is 4.22. The van der Waals surface area contributed by atoms with E-state index >= 15 is 0 Å². The van der Waals surface area contributed by atoms with Gasteiger partial charge in [-0.3, -0.25) is 0 Å². The maximum absolute atomic E-state index is 5.88. The lowest BCUT2D eigenvalue weighted by atomic mass is 9.98. The summed E-state index contributed by atoms with van der Waals surface area (Å²) in [6, 6.07) is 7.13. The normalized spacial score (nSPS) is 15.1. The van der Waals surface area contributed by atoms with Crippen LogP contribution in [0.25, 0.3) is 11.0 Å². The monoisotopic (exact) mass is 260 g/mol. The van der Waals surface area contributed by atoms with Crippen molar-refractivity contribution in [3.63, 3.8) is 0 Å². The molecule has 0 amide bonds. The summed E-state index contributed by atoms with van der Waals surface area (Å²) in [5, 5.41) is 0. The van der Waals surface area contributed by atoms with Crippen LogP contribution in [0.1, 0.15) is 37.2 Å². The summed E-state index contributed by atoms with van der Waals surface area (Å²) < 4.78 is 0. The fourth-order valence-corrected chi connectivity index (χ4v) is 2.51. The van der Waals surface area contributed by atoms with Gasteiger partial charge < -0.3 is 15.6 Å². The molecule has 2 atom stereocenters. The van der Waals surface area contributed by atoms with E-state index in [1.165, 1.54) is 5.56 Å². The molecule has 0 saturated heterocycles. The molecule has 0 aliphatic heterocycles. The fraction of sp³-hybridized carbons (Fsp3) is 0.533. The molecule has 0 fully saturated rings. The van der Waals surface area contributed by atoms with Gasteiger partial charge in [0.15, 0.2) is 0 Å². The largest absolute Gasteiger partial charge is 0.342 e. The first-order valence-corrected chi connectivity index (χ1v) is 6.85. The molecule has 4 nitrogen and oxygen atoms in total. The highest BCUT2D eigenvalue weighted by Crippen LogP contribution is 2.26. The summed E-state index contributed by atoms with van der Waals surface area (Å²) in [5.41, 5.74) is 9.35. The molecule has 0 bridgehead atoms. The Morgan fingerprint density at radius 1 is 1.32 bits per heavy atom. The topological polar surface area (TPSA) is 57.9 Å². The van der Waals surface area contributed by atoms with Gasteiger partial charge in [0.2, 0.25) is 0 Å². The lowest BCUT2D eigenvalue weighted by molar-refractivity contribution is 0.275. The van der Waals surface area contributed by atoms with Gasteiger partial charge in [0.25, 0.3) is 0 Å². The number of H-pyrrole nitrogens is 1. The molecule has 19 heavy (non-hydrogen) atoms. The highest BCUT2D eigenvalue weighted by molar-refractivity contribution is 5.75. The zero-order chi connectivity index (χ0) is 14.0. The molecule has 2 rings (SSSR count). The first kappa shape index (κ1) is 14.0. The van der Waals surface area contributed by atoms with E-state index in [0.717, 1.165) is 29.7 Å². The Morgan fingerprint density at radius 3 is 2.68 bits per heavy atom. The van der Waals surface area contributed by atoms with E-state index < -0.39 is 0 Å². The number of nitrogens with two attached hydrogens (primary N) is 1. The van der Waals surface area contributed by atoms with Crippen LogP contribution in [0.5, 0.6) is 0 Å². The highest BCUT2D eigenvalue weighted by atomic mass is 15.1.